The number of hydrogen-bond donors (Lipinski definition) is 0. The van der Waals surface area contributed by atoms with E-state index in [1.165, 1.54) is 33.4 Å². The van der Waals surface area contributed by atoms with Gasteiger partial charge in [-0.3, -0.25) is 9.97 Å². The summed E-state index contributed by atoms with van der Waals surface area (Å²) >= 11 is 0. The van der Waals surface area contributed by atoms with Crippen molar-refractivity contribution < 1.29 is 0 Å². The lowest BCUT2D eigenvalue weighted by molar-refractivity contribution is 0.769. The lowest BCUT2D eigenvalue weighted by Gasteiger charge is -2.34. The number of pyridine rings is 4. The monoisotopic (exact) mass is 826 g/mol. The zero-order valence-electron chi connectivity index (χ0n) is 35.2. The van der Waals surface area contributed by atoms with Crippen molar-refractivity contribution >= 4 is 43.6 Å². The molecule has 4 aromatic heterocycles. The van der Waals surface area contributed by atoms with E-state index in [2.05, 4.69) is 218 Å². The normalized spacial score (nSPS) is 12.7. The highest BCUT2D eigenvalue weighted by molar-refractivity contribution is 6.10. The first-order valence-electron chi connectivity index (χ1n) is 22.1. The first kappa shape index (κ1) is 37.0. The third-order valence-corrected chi connectivity index (χ3v) is 13.4. The standard InChI is InChI=1S/C61H38N4/c1-3-13-39(14-4-1)47-33-35-62-59-51(47)29-25-41-27-31-55(64-57(41)59)43-17-11-19-45(37-43)61(53-23-9-7-21-49(53)50-22-8-10-24-54(50)61)46-20-12-18-44(38-46)56-32-28-42-26-30-52-48(40-15-5-2-6-16-40)34-36-63-60(52)58(42)65-56/h1-38H. The number of aromatic nitrogens is 4. The number of nitrogens with zero attached hydrogens (tertiary/aromatic N) is 4. The Morgan fingerprint density at radius 1 is 0.292 bits per heavy atom. The molecule has 0 spiro atoms. The van der Waals surface area contributed by atoms with Gasteiger partial charge in [0.05, 0.1) is 38.9 Å². The van der Waals surface area contributed by atoms with Crippen molar-refractivity contribution in [3.63, 3.8) is 0 Å². The Hall–Kier alpha value is -8.60. The summed E-state index contributed by atoms with van der Waals surface area (Å²) in [4.78, 5) is 20.7. The molecule has 13 rings (SSSR count). The van der Waals surface area contributed by atoms with Gasteiger partial charge in [0.15, 0.2) is 0 Å². The Morgan fingerprint density at radius 3 is 1.18 bits per heavy atom. The molecule has 302 valence electrons. The van der Waals surface area contributed by atoms with Crippen LogP contribution in [0, 0.1) is 0 Å². The molecule has 0 aliphatic heterocycles. The average Bonchev–Trinajstić information content (AvgIpc) is 3.69. The Kier molecular flexibility index (Phi) is 8.40. The van der Waals surface area contributed by atoms with Gasteiger partial charge in [0.2, 0.25) is 0 Å². The van der Waals surface area contributed by atoms with Crippen LogP contribution in [0.15, 0.2) is 231 Å². The topological polar surface area (TPSA) is 51.6 Å². The molecule has 0 atom stereocenters. The second-order valence-electron chi connectivity index (χ2n) is 16.9. The minimum absolute atomic E-state index is 0.634. The van der Waals surface area contributed by atoms with Crippen LogP contribution in [0.1, 0.15) is 22.3 Å². The maximum atomic E-state index is 5.41. The molecule has 4 nitrogen and oxygen atoms in total. The lowest BCUT2D eigenvalue weighted by atomic mass is 9.67. The minimum atomic E-state index is -0.634. The molecule has 0 amide bonds. The highest BCUT2D eigenvalue weighted by Crippen LogP contribution is 2.56. The predicted octanol–water partition coefficient (Wildman–Crippen LogP) is 14.9. The summed E-state index contributed by atoms with van der Waals surface area (Å²) in [5.41, 5.74) is 18.8. The molecule has 4 heterocycles. The molecule has 8 aromatic carbocycles. The van der Waals surface area contributed by atoms with Gasteiger partial charge in [0, 0.05) is 45.1 Å². The van der Waals surface area contributed by atoms with Crippen molar-refractivity contribution in [1.29, 1.82) is 0 Å². The molecule has 0 N–H and O–H groups in total. The highest BCUT2D eigenvalue weighted by Gasteiger charge is 2.46. The SMILES string of the molecule is c1ccc(-c2ccnc3c2ccc2ccc(-c4cccc(C5(c6cccc(-c7ccc8ccc9c(-c%10ccccc%10)ccnc9c8n7)c6)c6ccccc6-c6ccccc65)c4)nc23)cc1. The van der Waals surface area contributed by atoms with Gasteiger partial charge in [-0.05, 0) is 92.0 Å². The van der Waals surface area contributed by atoms with Gasteiger partial charge in [0.25, 0.3) is 0 Å². The van der Waals surface area contributed by atoms with Crippen molar-refractivity contribution in [3.8, 4) is 55.9 Å². The van der Waals surface area contributed by atoms with E-state index >= 15 is 0 Å². The van der Waals surface area contributed by atoms with E-state index in [4.69, 9.17) is 19.9 Å². The molecular weight excluding hydrogens is 789 g/mol. The Balaban J connectivity index is 0.988. The number of benzene rings is 8. The average molecular weight is 827 g/mol. The van der Waals surface area contributed by atoms with Crippen LogP contribution in [0.25, 0.3) is 99.5 Å². The van der Waals surface area contributed by atoms with Crippen molar-refractivity contribution in [3.05, 3.63) is 253 Å². The molecule has 0 unspecified atom stereocenters. The minimum Gasteiger partial charge on any atom is -0.254 e. The summed E-state index contributed by atoms with van der Waals surface area (Å²) in [5, 5.41) is 4.30. The van der Waals surface area contributed by atoms with Gasteiger partial charge in [0.1, 0.15) is 0 Å². The van der Waals surface area contributed by atoms with E-state index in [1.54, 1.807) is 0 Å². The van der Waals surface area contributed by atoms with Gasteiger partial charge in [-0.15, -0.1) is 0 Å². The van der Waals surface area contributed by atoms with Gasteiger partial charge >= 0.3 is 0 Å². The zero-order valence-corrected chi connectivity index (χ0v) is 35.2. The third-order valence-electron chi connectivity index (χ3n) is 13.4. The van der Waals surface area contributed by atoms with E-state index in [9.17, 15) is 0 Å². The van der Waals surface area contributed by atoms with Gasteiger partial charge in [-0.2, -0.15) is 0 Å². The fourth-order valence-electron chi connectivity index (χ4n) is 10.5. The van der Waals surface area contributed by atoms with Crippen LogP contribution in [0.5, 0.6) is 0 Å². The van der Waals surface area contributed by atoms with Crippen molar-refractivity contribution in [2.24, 2.45) is 0 Å². The molecule has 0 saturated carbocycles. The molecule has 0 radical (unpaired) electrons. The maximum Gasteiger partial charge on any atom is 0.0972 e. The number of fused-ring (bicyclic) bond motifs is 9. The number of hydrogen-bond acceptors (Lipinski definition) is 4. The maximum absolute atomic E-state index is 5.41. The quantitative estimate of drug-likeness (QED) is 0.157. The van der Waals surface area contributed by atoms with Gasteiger partial charge in [-0.1, -0.05) is 182 Å². The zero-order chi connectivity index (χ0) is 42.9. The molecule has 12 aromatic rings. The van der Waals surface area contributed by atoms with Crippen LogP contribution in [-0.2, 0) is 5.41 Å². The van der Waals surface area contributed by atoms with Crippen LogP contribution >= 0.6 is 0 Å². The molecule has 4 heteroatoms. The molecule has 0 bridgehead atoms. The molecule has 65 heavy (non-hydrogen) atoms. The summed E-state index contributed by atoms with van der Waals surface area (Å²) in [6.07, 6.45) is 3.81. The lowest BCUT2D eigenvalue weighted by Crippen LogP contribution is -2.28. The van der Waals surface area contributed by atoms with Gasteiger partial charge < -0.3 is 0 Å². The van der Waals surface area contributed by atoms with E-state index in [0.29, 0.717) is 0 Å². The Bertz CT molecular complexity index is 3590. The fraction of sp³-hybridized carbons (Fsp3) is 0.0164. The summed E-state index contributed by atoms with van der Waals surface area (Å²) in [6.45, 7) is 0. The van der Waals surface area contributed by atoms with Crippen molar-refractivity contribution in [1.82, 2.24) is 19.9 Å². The molecular formula is C61H38N4. The van der Waals surface area contributed by atoms with Crippen LogP contribution in [0.4, 0.5) is 0 Å². The Morgan fingerprint density at radius 2 is 0.708 bits per heavy atom. The van der Waals surface area contributed by atoms with Crippen molar-refractivity contribution in [2.75, 3.05) is 0 Å². The van der Waals surface area contributed by atoms with E-state index in [0.717, 1.165) is 88.4 Å². The second-order valence-corrected chi connectivity index (χ2v) is 16.9. The first-order chi connectivity index (χ1) is 32.2. The van der Waals surface area contributed by atoms with Crippen LogP contribution in [0.2, 0.25) is 0 Å². The van der Waals surface area contributed by atoms with Gasteiger partial charge in [-0.25, -0.2) is 9.97 Å². The molecule has 0 saturated heterocycles. The van der Waals surface area contributed by atoms with E-state index in [-0.39, 0.29) is 0 Å². The molecule has 1 aliphatic rings. The third kappa shape index (κ3) is 5.77. The highest BCUT2D eigenvalue weighted by atomic mass is 14.8. The fourth-order valence-corrected chi connectivity index (χ4v) is 10.5. The second kappa shape index (κ2) is 14.8. The summed E-state index contributed by atoms with van der Waals surface area (Å²) in [7, 11) is 0. The smallest absolute Gasteiger partial charge is 0.0972 e. The summed E-state index contributed by atoms with van der Waals surface area (Å²) in [5.74, 6) is 0. The molecule has 0 fully saturated rings. The number of rotatable bonds is 6. The summed E-state index contributed by atoms with van der Waals surface area (Å²) in [6, 6.07) is 78.4. The molecule has 1 aliphatic carbocycles. The van der Waals surface area contributed by atoms with Crippen molar-refractivity contribution in [2.45, 2.75) is 5.41 Å². The van der Waals surface area contributed by atoms with Crippen LogP contribution in [-0.4, -0.2) is 19.9 Å². The van der Waals surface area contributed by atoms with Crippen LogP contribution in [0.3, 0.4) is 0 Å². The van der Waals surface area contributed by atoms with Crippen LogP contribution < -0.4 is 0 Å². The summed E-state index contributed by atoms with van der Waals surface area (Å²) < 4.78 is 0. The van der Waals surface area contributed by atoms with E-state index < -0.39 is 5.41 Å². The largest absolute Gasteiger partial charge is 0.254 e. The Labute approximate surface area is 376 Å². The predicted molar refractivity (Wildman–Crippen MR) is 267 cm³/mol. The first-order valence-corrected chi connectivity index (χ1v) is 22.1. The van der Waals surface area contributed by atoms with E-state index in [1.807, 2.05) is 12.4 Å².